The first kappa shape index (κ1) is 13.1. The highest BCUT2D eigenvalue weighted by Gasteiger charge is 2.07. The van der Waals surface area contributed by atoms with E-state index in [0.29, 0.717) is 5.92 Å². The van der Waals surface area contributed by atoms with Gasteiger partial charge in [-0.2, -0.15) is 0 Å². The van der Waals surface area contributed by atoms with E-state index in [9.17, 15) is 0 Å². The molecule has 0 amide bonds. The molecule has 0 nitrogen and oxygen atoms in total. The molecule has 0 spiro atoms. The second-order valence-corrected chi connectivity index (χ2v) is 5.16. The zero-order chi connectivity index (χ0) is 12.8. The fraction of sp³-hybridized carbons (Fsp3) is 0.176. The molecule has 0 bridgehead atoms. The number of halogens is 1. The molecule has 1 unspecified atom stereocenters. The molecule has 92 valence electrons. The highest BCUT2D eigenvalue weighted by molar-refractivity contribution is 9.15. The largest absolute Gasteiger partial charge is 0.0645 e. The van der Waals surface area contributed by atoms with Gasteiger partial charge >= 0.3 is 0 Å². The Labute approximate surface area is 117 Å². The van der Waals surface area contributed by atoms with Gasteiger partial charge in [-0.3, -0.25) is 0 Å². The van der Waals surface area contributed by atoms with Gasteiger partial charge in [-0.15, -0.1) is 0 Å². The lowest BCUT2D eigenvalue weighted by atomic mass is 9.95. The maximum atomic E-state index is 3.69. The van der Waals surface area contributed by atoms with Gasteiger partial charge in [-0.05, 0) is 17.5 Å². The monoisotopic (exact) mass is 300 g/mol. The Morgan fingerprint density at radius 2 is 1.56 bits per heavy atom. The van der Waals surface area contributed by atoms with Gasteiger partial charge in [0.05, 0.1) is 0 Å². The smallest absolute Gasteiger partial charge is 0.0213 e. The van der Waals surface area contributed by atoms with E-state index in [1.807, 2.05) is 6.07 Å². The molecule has 0 heterocycles. The van der Waals surface area contributed by atoms with Crippen molar-refractivity contribution < 1.29 is 0 Å². The second-order valence-electron chi connectivity index (χ2n) is 4.31. The van der Waals surface area contributed by atoms with Gasteiger partial charge < -0.3 is 0 Å². The molecular formula is C17H17Br. The third-order valence-corrected chi connectivity index (χ3v) is 3.79. The van der Waals surface area contributed by atoms with E-state index in [0.717, 1.165) is 6.42 Å². The maximum absolute atomic E-state index is 3.69. The minimum atomic E-state index is 0.459. The van der Waals surface area contributed by atoms with Crippen LogP contribution in [-0.4, -0.2) is 0 Å². The summed E-state index contributed by atoms with van der Waals surface area (Å²) in [5.41, 5.74) is 2.60. The summed E-state index contributed by atoms with van der Waals surface area (Å²) in [6.45, 7) is 2.22. The molecule has 18 heavy (non-hydrogen) atoms. The standard InChI is InChI=1S/C17H17Br/c1-2-14(15-9-5-3-6-10-15)13-17(18)16-11-7-4-8-12-16/h3-14H,2H2,1H3/b17-13+. The van der Waals surface area contributed by atoms with Crippen LogP contribution in [0, 0.1) is 0 Å². The van der Waals surface area contributed by atoms with Crippen molar-refractivity contribution in [3.63, 3.8) is 0 Å². The quantitative estimate of drug-likeness (QED) is 0.688. The van der Waals surface area contributed by atoms with Crippen molar-refractivity contribution in [1.29, 1.82) is 0 Å². The molecule has 0 aliphatic rings. The van der Waals surface area contributed by atoms with Crippen LogP contribution in [0.5, 0.6) is 0 Å². The van der Waals surface area contributed by atoms with Crippen molar-refractivity contribution in [2.75, 3.05) is 0 Å². The topological polar surface area (TPSA) is 0 Å². The van der Waals surface area contributed by atoms with Crippen molar-refractivity contribution in [1.82, 2.24) is 0 Å². The molecule has 2 aromatic carbocycles. The third-order valence-electron chi connectivity index (χ3n) is 3.06. The molecular weight excluding hydrogens is 284 g/mol. The zero-order valence-corrected chi connectivity index (χ0v) is 12.1. The van der Waals surface area contributed by atoms with Crippen LogP contribution in [0.15, 0.2) is 66.7 Å². The van der Waals surface area contributed by atoms with Crippen LogP contribution in [0.2, 0.25) is 0 Å². The maximum Gasteiger partial charge on any atom is 0.0213 e. The average Bonchev–Trinajstić information content (AvgIpc) is 2.46. The molecule has 2 aromatic rings. The van der Waals surface area contributed by atoms with Crippen LogP contribution in [0.1, 0.15) is 30.4 Å². The van der Waals surface area contributed by atoms with Gasteiger partial charge in [0.15, 0.2) is 0 Å². The predicted molar refractivity (Wildman–Crippen MR) is 82.8 cm³/mol. The van der Waals surface area contributed by atoms with Crippen molar-refractivity contribution >= 4 is 20.4 Å². The lowest BCUT2D eigenvalue weighted by Gasteiger charge is -2.12. The number of hydrogen-bond acceptors (Lipinski definition) is 0. The van der Waals surface area contributed by atoms with Crippen molar-refractivity contribution in [2.24, 2.45) is 0 Å². The first-order valence-corrected chi connectivity index (χ1v) is 7.08. The lowest BCUT2D eigenvalue weighted by Crippen LogP contribution is -1.93. The molecule has 2 rings (SSSR count). The minimum absolute atomic E-state index is 0.459. The summed E-state index contributed by atoms with van der Waals surface area (Å²) in [6, 6.07) is 21.1. The van der Waals surface area contributed by atoms with Crippen LogP contribution in [0.25, 0.3) is 4.48 Å². The fourth-order valence-electron chi connectivity index (χ4n) is 2.02. The van der Waals surface area contributed by atoms with Crippen LogP contribution < -0.4 is 0 Å². The van der Waals surface area contributed by atoms with Crippen LogP contribution in [0.4, 0.5) is 0 Å². The number of allylic oxidation sites excluding steroid dienone is 1. The fourth-order valence-corrected chi connectivity index (χ4v) is 2.60. The molecule has 0 aromatic heterocycles. The average molecular weight is 301 g/mol. The molecule has 1 atom stereocenters. The minimum Gasteiger partial charge on any atom is -0.0645 e. The van der Waals surface area contributed by atoms with E-state index in [1.54, 1.807) is 0 Å². The predicted octanol–water partition coefficient (Wildman–Crippen LogP) is 5.62. The number of benzene rings is 2. The summed E-state index contributed by atoms with van der Waals surface area (Å²) >= 11 is 3.69. The number of hydrogen-bond donors (Lipinski definition) is 0. The third kappa shape index (κ3) is 3.33. The summed E-state index contributed by atoms with van der Waals surface area (Å²) in [5.74, 6) is 0.459. The van der Waals surface area contributed by atoms with Crippen molar-refractivity contribution in [2.45, 2.75) is 19.3 Å². The molecule has 0 fully saturated rings. The zero-order valence-electron chi connectivity index (χ0n) is 10.5. The van der Waals surface area contributed by atoms with E-state index in [1.165, 1.54) is 15.6 Å². The van der Waals surface area contributed by atoms with Crippen LogP contribution >= 0.6 is 15.9 Å². The first-order chi connectivity index (χ1) is 8.81. The van der Waals surface area contributed by atoms with E-state index >= 15 is 0 Å². The Morgan fingerprint density at radius 3 is 2.11 bits per heavy atom. The molecule has 0 saturated carbocycles. The van der Waals surface area contributed by atoms with Gasteiger partial charge in [-0.1, -0.05) is 89.6 Å². The summed E-state index contributed by atoms with van der Waals surface area (Å²) in [6.07, 6.45) is 3.40. The molecule has 0 radical (unpaired) electrons. The van der Waals surface area contributed by atoms with E-state index in [4.69, 9.17) is 0 Å². The lowest BCUT2D eigenvalue weighted by molar-refractivity contribution is 0.808. The van der Waals surface area contributed by atoms with E-state index < -0.39 is 0 Å². The van der Waals surface area contributed by atoms with Crippen LogP contribution in [0.3, 0.4) is 0 Å². The molecule has 1 heteroatoms. The molecule has 0 saturated heterocycles. The molecule has 0 aliphatic carbocycles. The van der Waals surface area contributed by atoms with Crippen molar-refractivity contribution in [3.05, 3.63) is 77.9 Å². The van der Waals surface area contributed by atoms with Crippen LogP contribution in [-0.2, 0) is 0 Å². The van der Waals surface area contributed by atoms with E-state index in [-0.39, 0.29) is 0 Å². The Balaban J connectivity index is 2.25. The Morgan fingerprint density at radius 1 is 1.00 bits per heavy atom. The molecule has 0 aliphatic heterocycles. The van der Waals surface area contributed by atoms with Gasteiger partial charge in [-0.25, -0.2) is 0 Å². The van der Waals surface area contributed by atoms with Gasteiger partial charge in [0.25, 0.3) is 0 Å². The summed E-state index contributed by atoms with van der Waals surface area (Å²) in [5, 5.41) is 0. The SMILES string of the molecule is CCC(/C=C(/Br)c1ccccc1)c1ccccc1. The number of rotatable bonds is 4. The Kier molecular flexibility index (Phi) is 4.77. The Hall–Kier alpha value is -1.34. The van der Waals surface area contributed by atoms with E-state index in [2.05, 4.69) is 83.5 Å². The summed E-state index contributed by atoms with van der Waals surface area (Å²) < 4.78 is 1.17. The first-order valence-electron chi connectivity index (χ1n) is 6.29. The summed E-state index contributed by atoms with van der Waals surface area (Å²) in [7, 11) is 0. The van der Waals surface area contributed by atoms with Gasteiger partial charge in [0.2, 0.25) is 0 Å². The Bertz CT molecular complexity index is 500. The normalized spacial score (nSPS) is 13.3. The van der Waals surface area contributed by atoms with Gasteiger partial charge in [0.1, 0.15) is 0 Å². The molecule has 0 N–H and O–H groups in total. The highest BCUT2D eigenvalue weighted by atomic mass is 79.9. The second kappa shape index (κ2) is 6.55. The van der Waals surface area contributed by atoms with Gasteiger partial charge in [0, 0.05) is 10.4 Å². The summed E-state index contributed by atoms with van der Waals surface area (Å²) in [4.78, 5) is 0. The van der Waals surface area contributed by atoms with Crippen molar-refractivity contribution in [3.8, 4) is 0 Å². The highest BCUT2D eigenvalue weighted by Crippen LogP contribution is 2.29.